The number of hydrogen-bond donors (Lipinski definition) is 6. The lowest BCUT2D eigenvalue weighted by Gasteiger charge is -2.28. The Bertz CT molecular complexity index is 334. The van der Waals surface area contributed by atoms with E-state index in [0.717, 1.165) is 0 Å². The highest BCUT2D eigenvalue weighted by Crippen LogP contribution is 2.59. The fourth-order valence-corrected chi connectivity index (χ4v) is 4.24. The Balaban J connectivity index is 2.54. The molecule has 8 nitrogen and oxygen atoms in total. The Morgan fingerprint density at radius 2 is 1.44 bits per heavy atom. The minimum absolute atomic E-state index is 0.0750. The molecule has 18 heavy (non-hydrogen) atoms. The third kappa shape index (κ3) is 5.07. The Labute approximate surface area is 105 Å². The average molecular weight is 303 g/mol. The van der Waals surface area contributed by atoms with E-state index in [1.165, 1.54) is 0 Å². The molecule has 0 amide bonds. The van der Waals surface area contributed by atoms with E-state index in [0.29, 0.717) is 25.7 Å². The van der Waals surface area contributed by atoms with Gasteiger partial charge in [0.15, 0.2) is 5.40 Å². The van der Waals surface area contributed by atoms with Crippen molar-refractivity contribution in [2.24, 2.45) is 0 Å². The van der Waals surface area contributed by atoms with Crippen LogP contribution in [-0.2, 0) is 9.13 Å². The standard InChI is InChI=1S/C8H19NO7P2/c10-7-3-1-6(2-4-7)9-5-8(17(11,12)13)18(14,15)16/h6-10H,1-5H2,(H2,11,12,13)(H2,14,15,16). The molecule has 0 heterocycles. The van der Waals surface area contributed by atoms with Crippen molar-refractivity contribution in [1.29, 1.82) is 0 Å². The zero-order valence-corrected chi connectivity index (χ0v) is 11.5. The summed E-state index contributed by atoms with van der Waals surface area (Å²) in [4.78, 5) is 35.7. The number of aliphatic hydroxyl groups is 1. The van der Waals surface area contributed by atoms with Gasteiger partial charge in [0.1, 0.15) is 0 Å². The summed E-state index contributed by atoms with van der Waals surface area (Å²) < 4.78 is 22.1. The van der Waals surface area contributed by atoms with Crippen LogP contribution in [0.25, 0.3) is 0 Å². The third-order valence-electron chi connectivity index (χ3n) is 3.06. The van der Waals surface area contributed by atoms with E-state index in [1.54, 1.807) is 0 Å². The van der Waals surface area contributed by atoms with E-state index in [-0.39, 0.29) is 12.1 Å². The Kier molecular flexibility index (Phi) is 5.53. The predicted octanol–water partition coefficient (Wildman–Crippen LogP) is -0.439. The van der Waals surface area contributed by atoms with Gasteiger partial charge in [-0.1, -0.05) is 0 Å². The van der Waals surface area contributed by atoms with Crippen molar-refractivity contribution in [3.05, 3.63) is 0 Å². The van der Waals surface area contributed by atoms with Crippen LogP contribution in [0, 0.1) is 0 Å². The zero-order chi connectivity index (χ0) is 14.0. The van der Waals surface area contributed by atoms with Crippen molar-refractivity contribution < 1.29 is 33.8 Å². The molecule has 0 unspecified atom stereocenters. The molecule has 6 N–H and O–H groups in total. The van der Waals surface area contributed by atoms with E-state index >= 15 is 0 Å². The van der Waals surface area contributed by atoms with Crippen LogP contribution in [0.1, 0.15) is 25.7 Å². The molecule has 1 aliphatic carbocycles. The summed E-state index contributed by atoms with van der Waals surface area (Å²) in [6.45, 7) is -0.435. The van der Waals surface area contributed by atoms with Gasteiger partial charge in [0.2, 0.25) is 0 Å². The van der Waals surface area contributed by atoms with Gasteiger partial charge in [0.25, 0.3) is 0 Å². The van der Waals surface area contributed by atoms with Crippen LogP contribution in [0.4, 0.5) is 0 Å². The summed E-state index contributed by atoms with van der Waals surface area (Å²) in [5.74, 6) is 0. The van der Waals surface area contributed by atoms with Gasteiger partial charge >= 0.3 is 15.2 Å². The first-order valence-corrected chi connectivity index (χ1v) is 8.99. The summed E-state index contributed by atoms with van der Waals surface area (Å²) in [7, 11) is -9.70. The first kappa shape index (κ1) is 16.3. The van der Waals surface area contributed by atoms with Gasteiger partial charge in [0.05, 0.1) is 6.10 Å². The summed E-state index contributed by atoms with van der Waals surface area (Å²) in [6, 6.07) is -0.0750. The Morgan fingerprint density at radius 3 is 1.83 bits per heavy atom. The van der Waals surface area contributed by atoms with Crippen LogP contribution in [-0.4, -0.2) is 48.8 Å². The van der Waals surface area contributed by atoms with Gasteiger partial charge < -0.3 is 30.0 Å². The second-order valence-electron chi connectivity index (χ2n) is 4.57. The smallest absolute Gasteiger partial charge is 0.342 e. The molecule has 1 aliphatic rings. The lowest BCUT2D eigenvalue weighted by molar-refractivity contribution is 0.117. The van der Waals surface area contributed by atoms with Crippen molar-refractivity contribution in [2.75, 3.05) is 6.54 Å². The van der Waals surface area contributed by atoms with Gasteiger partial charge in [0, 0.05) is 12.6 Å². The summed E-state index contributed by atoms with van der Waals surface area (Å²) in [5, 5.41) is 10.0. The number of nitrogens with one attached hydrogen (secondary N) is 1. The molecule has 0 aromatic heterocycles. The van der Waals surface area contributed by atoms with Crippen molar-refractivity contribution in [3.8, 4) is 0 Å². The molecule has 0 bridgehead atoms. The SMILES string of the molecule is O=P(O)(O)C(CNC1CCC(O)CC1)P(=O)(O)O. The molecule has 1 saturated carbocycles. The van der Waals surface area contributed by atoms with Crippen molar-refractivity contribution in [2.45, 2.75) is 43.2 Å². The molecule has 0 aromatic rings. The first-order chi connectivity index (χ1) is 8.10. The fraction of sp³-hybridized carbons (Fsp3) is 1.00. The van der Waals surface area contributed by atoms with Crippen LogP contribution in [0.15, 0.2) is 0 Å². The third-order valence-corrected chi connectivity index (χ3v) is 6.79. The van der Waals surface area contributed by atoms with E-state index in [4.69, 9.17) is 19.6 Å². The topological polar surface area (TPSA) is 147 Å². The molecule has 1 fully saturated rings. The Morgan fingerprint density at radius 1 is 1.00 bits per heavy atom. The molecule has 0 spiro atoms. The van der Waals surface area contributed by atoms with Gasteiger partial charge in [-0.3, -0.25) is 9.13 Å². The van der Waals surface area contributed by atoms with Crippen molar-refractivity contribution >= 4 is 15.2 Å². The van der Waals surface area contributed by atoms with E-state index in [1.807, 2.05) is 0 Å². The molecule has 108 valence electrons. The van der Waals surface area contributed by atoms with E-state index in [2.05, 4.69) is 5.32 Å². The minimum Gasteiger partial charge on any atom is -0.393 e. The predicted molar refractivity (Wildman–Crippen MR) is 64.1 cm³/mol. The molecule has 0 atom stereocenters. The molecular formula is C8H19NO7P2. The second kappa shape index (κ2) is 6.11. The van der Waals surface area contributed by atoms with Crippen LogP contribution in [0.3, 0.4) is 0 Å². The van der Waals surface area contributed by atoms with Crippen LogP contribution in [0.5, 0.6) is 0 Å². The summed E-state index contributed by atoms with van der Waals surface area (Å²) >= 11 is 0. The molecule has 0 radical (unpaired) electrons. The van der Waals surface area contributed by atoms with Gasteiger partial charge in [-0.2, -0.15) is 0 Å². The first-order valence-electron chi connectivity index (χ1n) is 5.62. The molecule has 0 aliphatic heterocycles. The highest BCUT2D eigenvalue weighted by atomic mass is 31.2. The van der Waals surface area contributed by atoms with Gasteiger partial charge in [-0.25, -0.2) is 0 Å². The van der Waals surface area contributed by atoms with Crippen molar-refractivity contribution in [1.82, 2.24) is 5.32 Å². The minimum atomic E-state index is -4.85. The lowest BCUT2D eigenvalue weighted by atomic mass is 9.93. The van der Waals surface area contributed by atoms with Crippen LogP contribution < -0.4 is 5.32 Å². The quantitative estimate of drug-likeness (QED) is 0.375. The lowest BCUT2D eigenvalue weighted by Crippen LogP contribution is -2.38. The van der Waals surface area contributed by atoms with Crippen LogP contribution in [0.2, 0.25) is 0 Å². The van der Waals surface area contributed by atoms with Gasteiger partial charge in [-0.05, 0) is 25.7 Å². The highest BCUT2D eigenvalue weighted by molar-refractivity contribution is 7.70. The molecule has 1 rings (SSSR count). The zero-order valence-electron chi connectivity index (χ0n) is 9.71. The number of rotatable bonds is 5. The molecular weight excluding hydrogens is 284 g/mol. The molecule has 10 heteroatoms. The largest absolute Gasteiger partial charge is 0.393 e. The van der Waals surface area contributed by atoms with Crippen LogP contribution >= 0.6 is 15.2 Å². The molecule has 0 saturated heterocycles. The fourth-order valence-electron chi connectivity index (χ4n) is 1.99. The maximum Gasteiger partial charge on any atom is 0.342 e. The summed E-state index contributed by atoms with van der Waals surface area (Å²) in [6.07, 6.45) is 2.04. The molecule has 0 aromatic carbocycles. The normalized spacial score (nSPS) is 26.6. The highest BCUT2D eigenvalue weighted by Gasteiger charge is 2.43. The van der Waals surface area contributed by atoms with Gasteiger partial charge in [-0.15, -0.1) is 0 Å². The number of aliphatic hydroxyl groups excluding tert-OH is 1. The van der Waals surface area contributed by atoms with Crippen molar-refractivity contribution in [3.63, 3.8) is 0 Å². The Hall–Kier alpha value is 0.220. The van der Waals surface area contributed by atoms with E-state index in [9.17, 15) is 14.2 Å². The average Bonchev–Trinajstić information content (AvgIpc) is 2.17. The maximum atomic E-state index is 11.0. The monoisotopic (exact) mass is 303 g/mol. The second-order valence-corrected chi connectivity index (χ2v) is 8.58. The summed E-state index contributed by atoms with van der Waals surface area (Å²) in [5.41, 5.74) is 0. The maximum absolute atomic E-state index is 11.0. The van der Waals surface area contributed by atoms with E-state index < -0.39 is 27.1 Å². The number of hydrogen-bond acceptors (Lipinski definition) is 4.